The van der Waals surface area contributed by atoms with Gasteiger partial charge < -0.3 is 15.4 Å². The Hall–Kier alpha value is -2.26. The summed E-state index contributed by atoms with van der Waals surface area (Å²) in [5.41, 5.74) is 0.909. The number of methoxy groups -OCH3 is 1. The van der Waals surface area contributed by atoms with Gasteiger partial charge in [-0.25, -0.2) is 8.42 Å². The second-order valence-electron chi connectivity index (χ2n) is 5.45. The van der Waals surface area contributed by atoms with Crippen LogP contribution in [0.25, 0.3) is 0 Å². The van der Waals surface area contributed by atoms with E-state index in [9.17, 15) is 13.2 Å². The molecule has 0 spiro atoms. The van der Waals surface area contributed by atoms with Crippen LogP contribution in [0.5, 0.6) is 5.75 Å². The Morgan fingerprint density at radius 2 is 2.08 bits per heavy atom. The first-order valence-electron chi connectivity index (χ1n) is 7.51. The third-order valence-corrected chi connectivity index (χ3v) is 4.76. The molecule has 1 unspecified atom stereocenters. The maximum absolute atomic E-state index is 12.2. The van der Waals surface area contributed by atoms with Gasteiger partial charge >= 0.3 is 0 Å². The number of anilines is 2. The van der Waals surface area contributed by atoms with Crippen molar-refractivity contribution in [3.8, 4) is 5.75 Å². The van der Waals surface area contributed by atoms with Gasteiger partial charge in [0.15, 0.2) is 0 Å². The van der Waals surface area contributed by atoms with E-state index in [1.165, 1.54) is 7.11 Å². The van der Waals surface area contributed by atoms with Crippen molar-refractivity contribution in [3.05, 3.63) is 40.6 Å². The van der Waals surface area contributed by atoms with Gasteiger partial charge in [-0.2, -0.15) is 0 Å². The zero-order chi connectivity index (χ0) is 18.4. The minimum atomic E-state index is -3.44. The Bertz CT molecular complexity index is 820. The van der Waals surface area contributed by atoms with Gasteiger partial charge in [0.25, 0.3) is 0 Å². The van der Waals surface area contributed by atoms with Crippen LogP contribution in [0.15, 0.2) is 35.7 Å². The van der Waals surface area contributed by atoms with Crippen molar-refractivity contribution in [1.82, 2.24) is 5.32 Å². The molecule has 0 aliphatic heterocycles. The molecule has 0 saturated carbocycles. The van der Waals surface area contributed by atoms with E-state index < -0.39 is 16.1 Å². The largest absolute Gasteiger partial charge is 0.495 e. The highest BCUT2D eigenvalue weighted by molar-refractivity contribution is 7.92. The molecule has 0 aliphatic carbocycles. The van der Waals surface area contributed by atoms with Crippen LogP contribution in [-0.2, 0) is 21.4 Å². The van der Waals surface area contributed by atoms with Crippen LogP contribution in [0.4, 0.5) is 11.4 Å². The summed E-state index contributed by atoms with van der Waals surface area (Å²) in [4.78, 5) is 13.2. The molecule has 2 aromatic rings. The van der Waals surface area contributed by atoms with Gasteiger partial charge in [-0.1, -0.05) is 6.07 Å². The number of carbonyl (C=O) groups is 1. The Morgan fingerprint density at radius 1 is 1.32 bits per heavy atom. The van der Waals surface area contributed by atoms with Crippen molar-refractivity contribution in [2.45, 2.75) is 19.5 Å². The Labute approximate surface area is 151 Å². The molecule has 0 fully saturated rings. The van der Waals surface area contributed by atoms with Crippen LogP contribution in [0.2, 0.25) is 0 Å². The fourth-order valence-corrected chi connectivity index (χ4v) is 3.34. The quantitative estimate of drug-likeness (QED) is 0.650. The van der Waals surface area contributed by atoms with Crippen LogP contribution in [0.3, 0.4) is 0 Å². The standard InChI is InChI=1S/C16H21N3O4S2/c1-11(16(20)17-10-13-5-4-8-24-13)18-12-6-7-15(23-2)14(9-12)19-25(3,21)22/h4-9,11,18-19H,10H2,1-3H3,(H,17,20). The first kappa shape index (κ1) is 19.1. The molecule has 1 amide bonds. The average molecular weight is 383 g/mol. The lowest BCUT2D eigenvalue weighted by atomic mass is 10.2. The fourth-order valence-electron chi connectivity index (χ4n) is 2.13. The first-order chi connectivity index (χ1) is 11.8. The van der Waals surface area contributed by atoms with E-state index >= 15 is 0 Å². The van der Waals surface area contributed by atoms with E-state index in [1.54, 1.807) is 36.5 Å². The minimum absolute atomic E-state index is 0.151. The van der Waals surface area contributed by atoms with Gasteiger partial charge in [0.05, 0.1) is 25.6 Å². The number of nitrogens with one attached hydrogen (secondary N) is 3. The normalized spacial score (nSPS) is 12.3. The average Bonchev–Trinajstić information content (AvgIpc) is 3.04. The highest BCUT2D eigenvalue weighted by Crippen LogP contribution is 2.28. The minimum Gasteiger partial charge on any atom is -0.495 e. The van der Waals surface area contributed by atoms with E-state index in [1.807, 2.05) is 17.5 Å². The third-order valence-electron chi connectivity index (χ3n) is 3.29. The SMILES string of the molecule is COc1ccc(NC(C)C(=O)NCc2cccs2)cc1NS(C)(=O)=O. The van der Waals surface area contributed by atoms with E-state index in [4.69, 9.17) is 4.74 Å². The summed E-state index contributed by atoms with van der Waals surface area (Å²) in [6.07, 6.45) is 1.06. The Kier molecular flexibility index (Phi) is 6.27. The monoisotopic (exact) mass is 383 g/mol. The summed E-state index contributed by atoms with van der Waals surface area (Å²) in [7, 11) is -1.99. The molecular formula is C16H21N3O4S2. The molecule has 0 bridgehead atoms. The number of hydrogen-bond donors (Lipinski definition) is 3. The Morgan fingerprint density at radius 3 is 2.68 bits per heavy atom. The lowest BCUT2D eigenvalue weighted by Gasteiger charge is -2.17. The summed E-state index contributed by atoms with van der Waals surface area (Å²) < 4.78 is 30.5. The molecule has 25 heavy (non-hydrogen) atoms. The number of rotatable bonds is 8. The molecule has 1 atom stereocenters. The number of thiophene rings is 1. The van der Waals surface area contributed by atoms with E-state index in [0.717, 1.165) is 11.1 Å². The summed E-state index contributed by atoms with van der Waals surface area (Å²) >= 11 is 1.58. The highest BCUT2D eigenvalue weighted by Gasteiger charge is 2.14. The van der Waals surface area contributed by atoms with Crippen LogP contribution >= 0.6 is 11.3 Å². The second kappa shape index (κ2) is 8.21. The molecule has 7 nitrogen and oxygen atoms in total. The lowest BCUT2D eigenvalue weighted by molar-refractivity contribution is -0.121. The third kappa shape index (κ3) is 5.95. The molecule has 0 aliphatic rings. The zero-order valence-electron chi connectivity index (χ0n) is 14.2. The van der Waals surface area contributed by atoms with Gasteiger partial charge in [-0.3, -0.25) is 9.52 Å². The molecule has 1 heterocycles. The van der Waals surface area contributed by atoms with Crippen LogP contribution in [0, 0.1) is 0 Å². The van der Waals surface area contributed by atoms with Crippen molar-refractivity contribution >= 4 is 38.6 Å². The molecule has 0 saturated heterocycles. The second-order valence-corrected chi connectivity index (χ2v) is 8.23. The number of amides is 1. The van der Waals surface area contributed by atoms with Crippen LogP contribution in [-0.4, -0.2) is 33.7 Å². The molecule has 136 valence electrons. The van der Waals surface area contributed by atoms with Crippen LogP contribution < -0.4 is 20.1 Å². The predicted octanol–water partition coefficient (Wildman–Crippen LogP) is 2.25. The molecule has 0 radical (unpaired) electrons. The summed E-state index contributed by atoms with van der Waals surface area (Å²) in [6.45, 7) is 2.21. The van der Waals surface area contributed by atoms with Crippen molar-refractivity contribution in [2.75, 3.05) is 23.4 Å². The summed E-state index contributed by atoms with van der Waals surface area (Å²) in [5.74, 6) is 0.243. The fraction of sp³-hybridized carbons (Fsp3) is 0.312. The van der Waals surface area contributed by atoms with Crippen molar-refractivity contribution in [3.63, 3.8) is 0 Å². The lowest BCUT2D eigenvalue weighted by Crippen LogP contribution is -2.37. The van der Waals surface area contributed by atoms with Crippen molar-refractivity contribution < 1.29 is 17.9 Å². The number of hydrogen-bond acceptors (Lipinski definition) is 6. The van der Waals surface area contributed by atoms with Gasteiger partial charge in [0.2, 0.25) is 15.9 Å². The van der Waals surface area contributed by atoms with Gasteiger partial charge in [-0.15, -0.1) is 11.3 Å². The number of sulfonamides is 1. The topological polar surface area (TPSA) is 96.5 Å². The van der Waals surface area contributed by atoms with Gasteiger partial charge in [-0.05, 0) is 36.6 Å². The summed E-state index contributed by atoms with van der Waals surface area (Å²) in [5, 5.41) is 7.86. The number of carbonyl (C=O) groups excluding carboxylic acids is 1. The maximum atomic E-state index is 12.2. The molecule has 1 aromatic carbocycles. The molecule has 3 N–H and O–H groups in total. The molecule has 1 aromatic heterocycles. The zero-order valence-corrected chi connectivity index (χ0v) is 15.8. The molecule has 2 rings (SSSR count). The molecule has 9 heteroatoms. The summed E-state index contributed by atoms with van der Waals surface area (Å²) in [6, 6.07) is 8.33. The predicted molar refractivity (Wildman–Crippen MR) is 101 cm³/mol. The first-order valence-corrected chi connectivity index (χ1v) is 10.3. The van der Waals surface area contributed by atoms with E-state index in [2.05, 4.69) is 15.4 Å². The Balaban J connectivity index is 2.03. The van der Waals surface area contributed by atoms with Crippen molar-refractivity contribution in [2.24, 2.45) is 0 Å². The smallest absolute Gasteiger partial charge is 0.242 e. The molecular weight excluding hydrogens is 362 g/mol. The number of ether oxygens (including phenoxy) is 1. The van der Waals surface area contributed by atoms with Crippen LogP contribution in [0.1, 0.15) is 11.8 Å². The van der Waals surface area contributed by atoms with Gasteiger partial charge in [0, 0.05) is 10.6 Å². The van der Waals surface area contributed by atoms with Gasteiger partial charge in [0.1, 0.15) is 11.8 Å². The number of benzene rings is 1. The van der Waals surface area contributed by atoms with Crippen molar-refractivity contribution in [1.29, 1.82) is 0 Å². The highest BCUT2D eigenvalue weighted by atomic mass is 32.2. The van der Waals surface area contributed by atoms with E-state index in [0.29, 0.717) is 23.7 Å². The van der Waals surface area contributed by atoms with E-state index in [-0.39, 0.29) is 5.91 Å². The maximum Gasteiger partial charge on any atom is 0.242 e.